The van der Waals surface area contributed by atoms with Crippen LogP contribution in [0.4, 0.5) is 0 Å². The lowest BCUT2D eigenvalue weighted by molar-refractivity contribution is 0.262. The third kappa shape index (κ3) is 2.83. The van der Waals surface area contributed by atoms with Gasteiger partial charge in [0.05, 0.1) is 0 Å². The minimum atomic E-state index is -0.0703. The van der Waals surface area contributed by atoms with Gasteiger partial charge in [-0.1, -0.05) is 6.92 Å². The Bertz CT molecular complexity index is 334. The van der Waals surface area contributed by atoms with Crippen molar-refractivity contribution in [2.45, 2.75) is 20.1 Å². The van der Waals surface area contributed by atoms with Crippen LogP contribution in [0.3, 0.4) is 0 Å². The van der Waals surface area contributed by atoms with E-state index in [9.17, 15) is 0 Å². The highest BCUT2D eigenvalue weighted by atomic mass is 32.2. The predicted molar refractivity (Wildman–Crippen MR) is 60.9 cm³/mol. The van der Waals surface area contributed by atoms with Gasteiger partial charge in [-0.15, -0.1) is 0 Å². The number of rotatable bonds is 5. The van der Waals surface area contributed by atoms with Crippen molar-refractivity contribution in [3.63, 3.8) is 0 Å². The molecule has 0 fully saturated rings. The lowest BCUT2D eigenvalue weighted by atomic mass is 10.2. The molecule has 0 saturated carbocycles. The molecule has 0 spiro atoms. The van der Waals surface area contributed by atoms with Crippen molar-refractivity contribution in [2.75, 3.05) is 12.0 Å². The number of nitrogens with one attached hydrogen (secondary N) is 1. The standard InChI is InChI=1S/C8H15N3OS2/c1-6(5-14-2)3-11-7(4-12)9-10-8(11)13/h6,12H,3-5H2,1-2H3,(H,10,13). The van der Waals surface area contributed by atoms with Gasteiger partial charge in [-0.05, 0) is 30.1 Å². The molecule has 1 heterocycles. The average Bonchev–Trinajstić information content (AvgIpc) is 2.48. The number of hydrogen-bond donors (Lipinski definition) is 2. The van der Waals surface area contributed by atoms with E-state index in [0.717, 1.165) is 12.3 Å². The molecule has 0 aliphatic carbocycles. The van der Waals surface area contributed by atoms with Crippen LogP contribution in [0.5, 0.6) is 0 Å². The SMILES string of the molecule is CSCC(C)Cn1c(CO)n[nH]c1=S. The Kier molecular flexibility index (Phi) is 4.64. The van der Waals surface area contributed by atoms with E-state index >= 15 is 0 Å². The van der Waals surface area contributed by atoms with Crippen molar-refractivity contribution >= 4 is 24.0 Å². The van der Waals surface area contributed by atoms with Crippen LogP contribution < -0.4 is 0 Å². The van der Waals surface area contributed by atoms with Crippen LogP contribution >= 0.6 is 24.0 Å². The number of nitrogens with zero attached hydrogens (tertiary/aromatic N) is 2. The molecule has 4 nitrogen and oxygen atoms in total. The maximum atomic E-state index is 9.02. The Morgan fingerprint density at radius 1 is 1.71 bits per heavy atom. The molecule has 1 aromatic heterocycles. The summed E-state index contributed by atoms with van der Waals surface area (Å²) in [5, 5.41) is 15.6. The number of H-pyrrole nitrogens is 1. The number of aromatic nitrogens is 3. The van der Waals surface area contributed by atoms with E-state index in [1.165, 1.54) is 0 Å². The number of aliphatic hydroxyl groups is 1. The summed E-state index contributed by atoms with van der Waals surface area (Å²) in [7, 11) is 0. The van der Waals surface area contributed by atoms with Crippen LogP contribution in [0.1, 0.15) is 12.7 Å². The first-order valence-corrected chi connectivity index (χ1v) is 6.23. The fourth-order valence-corrected chi connectivity index (χ4v) is 2.21. The molecule has 80 valence electrons. The van der Waals surface area contributed by atoms with E-state index in [1.54, 1.807) is 0 Å². The van der Waals surface area contributed by atoms with Gasteiger partial charge in [-0.3, -0.25) is 5.10 Å². The zero-order valence-corrected chi connectivity index (χ0v) is 9.99. The average molecular weight is 233 g/mol. The van der Waals surface area contributed by atoms with Gasteiger partial charge in [0.15, 0.2) is 10.6 Å². The first-order valence-electron chi connectivity index (χ1n) is 4.43. The van der Waals surface area contributed by atoms with E-state index in [4.69, 9.17) is 17.3 Å². The minimum Gasteiger partial charge on any atom is -0.388 e. The van der Waals surface area contributed by atoms with Gasteiger partial charge >= 0.3 is 0 Å². The highest BCUT2D eigenvalue weighted by molar-refractivity contribution is 7.98. The molecule has 0 aromatic carbocycles. The Labute approximate surface area is 92.7 Å². The van der Waals surface area contributed by atoms with Gasteiger partial charge in [0.25, 0.3) is 0 Å². The lowest BCUT2D eigenvalue weighted by Gasteiger charge is -2.11. The van der Waals surface area contributed by atoms with Crippen LogP contribution in [-0.4, -0.2) is 31.9 Å². The normalized spacial score (nSPS) is 13.1. The maximum Gasteiger partial charge on any atom is 0.195 e. The van der Waals surface area contributed by atoms with Crippen molar-refractivity contribution in [1.29, 1.82) is 0 Å². The minimum absolute atomic E-state index is 0.0703. The topological polar surface area (TPSA) is 53.8 Å². The first-order chi connectivity index (χ1) is 6.69. The molecule has 1 unspecified atom stereocenters. The molecule has 1 atom stereocenters. The summed E-state index contributed by atoms with van der Waals surface area (Å²) in [6.07, 6.45) is 2.08. The van der Waals surface area contributed by atoms with Crippen LogP contribution in [-0.2, 0) is 13.2 Å². The van der Waals surface area contributed by atoms with Gasteiger partial charge < -0.3 is 9.67 Å². The second kappa shape index (κ2) is 5.53. The largest absolute Gasteiger partial charge is 0.388 e. The number of thioether (sulfide) groups is 1. The van der Waals surface area contributed by atoms with E-state index in [1.807, 2.05) is 16.3 Å². The molecule has 1 rings (SSSR count). The maximum absolute atomic E-state index is 9.02. The van der Waals surface area contributed by atoms with Gasteiger partial charge in [0.2, 0.25) is 0 Å². The summed E-state index contributed by atoms with van der Waals surface area (Å²) in [5.41, 5.74) is 0. The fraction of sp³-hybridized carbons (Fsp3) is 0.750. The van der Waals surface area contributed by atoms with Gasteiger partial charge in [-0.25, -0.2) is 0 Å². The summed E-state index contributed by atoms with van der Waals surface area (Å²) >= 11 is 6.88. The van der Waals surface area contributed by atoms with Crippen LogP contribution in [0.25, 0.3) is 0 Å². The van der Waals surface area contributed by atoms with Crippen molar-refractivity contribution in [1.82, 2.24) is 14.8 Å². The van der Waals surface area contributed by atoms with E-state index < -0.39 is 0 Å². The Balaban J connectivity index is 2.74. The molecule has 0 saturated heterocycles. The van der Waals surface area contributed by atoms with Crippen LogP contribution in [0.2, 0.25) is 0 Å². The second-order valence-corrected chi connectivity index (χ2v) is 4.57. The van der Waals surface area contributed by atoms with Gasteiger partial charge in [0, 0.05) is 6.54 Å². The third-order valence-electron chi connectivity index (χ3n) is 1.92. The first kappa shape index (κ1) is 11.7. The van der Waals surface area contributed by atoms with E-state index in [-0.39, 0.29) is 6.61 Å². The molecule has 6 heteroatoms. The van der Waals surface area contributed by atoms with Gasteiger partial charge in [0.1, 0.15) is 6.61 Å². The zero-order valence-electron chi connectivity index (χ0n) is 8.36. The highest BCUT2D eigenvalue weighted by Gasteiger charge is 2.08. The summed E-state index contributed by atoms with van der Waals surface area (Å²) in [4.78, 5) is 0. The van der Waals surface area contributed by atoms with E-state index in [0.29, 0.717) is 16.5 Å². The molecule has 1 aromatic rings. The lowest BCUT2D eigenvalue weighted by Crippen LogP contribution is -2.12. The number of aromatic amines is 1. The highest BCUT2D eigenvalue weighted by Crippen LogP contribution is 2.09. The fourth-order valence-electron chi connectivity index (χ4n) is 1.31. The van der Waals surface area contributed by atoms with Crippen molar-refractivity contribution in [3.05, 3.63) is 10.6 Å². The zero-order chi connectivity index (χ0) is 10.6. The number of hydrogen-bond acceptors (Lipinski definition) is 4. The van der Waals surface area contributed by atoms with Crippen LogP contribution in [0, 0.1) is 10.7 Å². The smallest absolute Gasteiger partial charge is 0.195 e. The molecule has 0 amide bonds. The van der Waals surface area contributed by atoms with E-state index in [2.05, 4.69) is 23.4 Å². The monoisotopic (exact) mass is 233 g/mol. The Morgan fingerprint density at radius 2 is 2.43 bits per heavy atom. The third-order valence-corrected chi connectivity index (χ3v) is 3.14. The molecule has 2 N–H and O–H groups in total. The van der Waals surface area contributed by atoms with Crippen molar-refractivity contribution in [3.8, 4) is 0 Å². The summed E-state index contributed by atoms with van der Waals surface area (Å²) in [6.45, 7) is 2.90. The Morgan fingerprint density at radius 3 is 3.00 bits per heavy atom. The predicted octanol–water partition coefficient (Wildman–Crippen LogP) is 1.43. The molecular formula is C8H15N3OS2. The second-order valence-electron chi connectivity index (χ2n) is 3.27. The molecule has 0 aliphatic heterocycles. The number of aliphatic hydroxyl groups excluding tert-OH is 1. The molecular weight excluding hydrogens is 218 g/mol. The quantitative estimate of drug-likeness (QED) is 0.756. The molecule has 0 bridgehead atoms. The van der Waals surface area contributed by atoms with Crippen LogP contribution in [0.15, 0.2) is 0 Å². The molecule has 14 heavy (non-hydrogen) atoms. The summed E-state index contributed by atoms with van der Waals surface area (Å²) in [5.74, 6) is 2.22. The van der Waals surface area contributed by atoms with Crippen molar-refractivity contribution in [2.24, 2.45) is 5.92 Å². The summed E-state index contributed by atoms with van der Waals surface area (Å²) in [6, 6.07) is 0. The molecule has 0 radical (unpaired) electrons. The molecule has 0 aliphatic rings. The van der Waals surface area contributed by atoms with Gasteiger partial charge in [-0.2, -0.15) is 16.9 Å². The van der Waals surface area contributed by atoms with Crippen molar-refractivity contribution < 1.29 is 5.11 Å². The Hall–Kier alpha value is -0.330. The summed E-state index contributed by atoms with van der Waals surface area (Å²) < 4.78 is 2.44.